The predicted molar refractivity (Wildman–Crippen MR) is 97.2 cm³/mol. The van der Waals surface area contributed by atoms with Crippen LogP contribution < -0.4 is 10.2 Å². The summed E-state index contributed by atoms with van der Waals surface area (Å²) in [7, 11) is 0. The summed E-state index contributed by atoms with van der Waals surface area (Å²) in [5.74, 6) is 1.43. The molecule has 4 rings (SSSR count). The largest absolute Gasteiger partial charge is 0.355 e. The molecular formula is C17H21N9O. The molecule has 3 aromatic heterocycles. The first-order chi connectivity index (χ1) is 13.3. The smallest absolute Gasteiger partial charge is 0.224 e. The van der Waals surface area contributed by atoms with Crippen LogP contribution in [0.5, 0.6) is 0 Å². The Morgan fingerprint density at radius 2 is 2.15 bits per heavy atom. The van der Waals surface area contributed by atoms with E-state index >= 15 is 0 Å². The van der Waals surface area contributed by atoms with E-state index in [0.717, 1.165) is 37.3 Å². The van der Waals surface area contributed by atoms with Gasteiger partial charge in [0.25, 0.3) is 0 Å². The summed E-state index contributed by atoms with van der Waals surface area (Å²) in [6.45, 7) is 2.12. The number of carbonyl (C=O) groups excluding carboxylic acids is 1. The summed E-state index contributed by atoms with van der Waals surface area (Å²) >= 11 is 0. The second kappa shape index (κ2) is 7.94. The molecule has 0 saturated carbocycles. The summed E-state index contributed by atoms with van der Waals surface area (Å²) in [5, 5.41) is 15.6. The van der Waals surface area contributed by atoms with Gasteiger partial charge in [-0.2, -0.15) is 5.10 Å². The van der Waals surface area contributed by atoms with Gasteiger partial charge in [-0.1, -0.05) is 0 Å². The zero-order valence-corrected chi connectivity index (χ0v) is 14.8. The highest BCUT2D eigenvalue weighted by atomic mass is 16.1. The number of aromatic nitrogens is 7. The van der Waals surface area contributed by atoms with Crippen molar-refractivity contribution in [3.8, 4) is 5.82 Å². The first-order valence-corrected chi connectivity index (χ1v) is 8.98. The van der Waals surface area contributed by atoms with E-state index in [-0.39, 0.29) is 11.8 Å². The minimum Gasteiger partial charge on any atom is -0.355 e. The van der Waals surface area contributed by atoms with Crippen LogP contribution in [0.25, 0.3) is 5.82 Å². The maximum Gasteiger partial charge on any atom is 0.224 e. The molecule has 2 N–H and O–H groups in total. The van der Waals surface area contributed by atoms with Crippen LogP contribution in [0, 0.1) is 5.92 Å². The number of anilines is 1. The molecule has 140 valence electrons. The minimum atomic E-state index is -0.0442. The lowest BCUT2D eigenvalue weighted by Crippen LogP contribution is -2.43. The van der Waals surface area contributed by atoms with Crippen LogP contribution in [0.2, 0.25) is 0 Å². The summed E-state index contributed by atoms with van der Waals surface area (Å²) < 4.78 is 1.56. The van der Waals surface area contributed by atoms with Gasteiger partial charge in [-0.3, -0.25) is 4.79 Å². The number of amides is 1. The van der Waals surface area contributed by atoms with Gasteiger partial charge in [0.05, 0.1) is 12.2 Å². The van der Waals surface area contributed by atoms with E-state index in [2.05, 4.69) is 40.5 Å². The Morgan fingerprint density at radius 3 is 2.89 bits per heavy atom. The molecule has 10 nitrogen and oxygen atoms in total. The number of hydrogen-bond donors (Lipinski definition) is 2. The van der Waals surface area contributed by atoms with Gasteiger partial charge in [0.15, 0.2) is 11.6 Å². The van der Waals surface area contributed by atoms with E-state index in [0.29, 0.717) is 18.9 Å². The highest BCUT2D eigenvalue weighted by Gasteiger charge is 2.26. The first kappa shape index (κ1) is 17.1. The number of aromatic amines is 1. The van der Waals surface area contributed by atoms with E-state index < -0.39 is 0 Å². The normalized spacial score (nSPS) is 17.0. The van der Waals surface area contributed by atoms with Crippen LogP contribution in [-0.2, 0) is 11.2 Å². The molecule has 0 spiro atoms. The van der Waals surface area contributed by atoms with Crippen molar-refractivity contribution >= 4 is 11.7 Å². The molecule has 10 heteroatoms. The van der Waals surface area contributed by atoms with E-state index in [1.807, 2.05) is 12.1 Å². The van der Waals surface area contributed by atoms with E-state index in [1.165, 1.54) is 6.33 Å². The number of nitrogens with one attached hydrogen (secondary N) is 2. The number of hydrogen-bond acceptors (Lipinski definition) is 7. The lowest BCUT2D eigenvalue weighted by molar-refractivity contribution is -0.125. The van der Waals surface area contributed by atoms with Crippen LogP contribution in [-0.4, -0.2) is 60.5 Å². The van der Waals surface area contributed by atoms with Crippen molar-refractivity contribution in [3.63, 3.8) is 0 Å². The summed E-state index contributed by atoms with van der Waals surface area (Å²) in [6.07, 6.45) is 9.03. The number of carbonyl (C=O) groups is 1. The molecule has 1 atom stereocenters. The van der Waals surface area contributed by atoms with Gasteiger partial charge in [0.1, 0.15) is 12.7 Å². The number of imidazole rings is 1. The zero-order chi connectivity index (χ0) is 18.5. The molecule has 4 heterocycles. The van der Waals surface area contributed by atoms with Crippen molar-refractivity contribution in [1.29, 1.82) is 0 Å². The number of nitrogens with zero attached hydrogens (tertiary/aromatic N) is 7. The Bertz CT molecular complexity index is 845. The van der Waals surface area contributed by atoms with Gasteiger partial charge in [0, 0.05) is 37.9 Å². The highest BCUT2D eigenvalue weighted by Crippen LogP contribution is 2.21. The Morgan fingerprint density at radius 1 is 1.26 bits per heavy atom. The predicted octanol–water partition coefficient (Wildman–Crippen LogP) is 0.356. The molecule has 1 aliphatic rings. The standard InChI is InChI=1S/C17H21N9O/c27-17(20-6-5-14-8-18-10-21-14)13-2-1-7-25(9-13)15-3-4-16(24-23-15)26-12-19-11-22-26/h3-4,8,10-13H,1-2,5-7,9H2,(H,18,21)(H,20,27). The maximum absolute atomic E-state index is 12.5. The molecule has 3 aromatic rings. The minimum absolute atomic E-state index is 0.0442. The topological polar surface area (TPSA) is 118 Å². The number of rotatable bonds is 6. The molecule has 0 radical (unpaired) electrons. The van der Waals surface area contributed by atoms with Crippen molar-refractivity contribution < 1.29 is 4.79 Å². The Balaban J connectivity index is 1.32. The zero-order valence-electron chi connectivity index (χ0n) is 14.8. The lowest BCUT2D eigenvalue weighted by atomic mass is 9.97. The number of piperidine rings is 1. The fourth-order valence-corrected chi connectivity index (χ4v) is 3.22. The SMILES string of the molecule is O=C(NCCc1cnc[nH]1)C1CCCN(c2ccc(-n3cncn3)nn2)C1. The molecule has 1 fully saturated rings. The molecule has 0 aliphatic carbocycles. The molecule has 1 unspecified atom stereocenters. The molecular weight excluding hydrogens is 346 g/mol. The maximum atomic E-state index is 12.5. The van der Waals surface area contributed by atoms with Crippen LogP contribution >= 0.6 is 0 Å². The summed E-state index contributed by atoms with van der Waals surface area (Å²) in [5.41, 5.74) is 1.02. The van der Waals surface area contributed by atoms with Crippen molar-refractivity contribution in [1.82, 2.24) is 40.2 Å². The fourth-order valence-electron chi connectivity index (χ4n) is 3.22. The molecule has 1 aliphatic heterocycles. The Hall–Kier alpha value is -3.30. The fraction of sp³-hybridized carbons (Fsp3) is 0.412. The van der Waals surface area contributed by atoms with Crippen LogP contribution in [0.4, 0.5) is 5.82 Å². The van der Waals surface area contributed by atoms with Gasteiger partial charge in [-0.15, -0.1) is 10.2 Å². The van der Waals surface area contributed by atoms with Gasteiger partial charge in [-0.25, -0.2) is 14.6 Å². The third-order valence-corrected chi connectivity index (χ3v) is 4.65. The Labute approximate surface area is 156 Å². The third-order valence-electron chi connectivity index (χ3n) is 4.65. The van der Waals surface area contributed by atoms with Crippen LogP contribution in [0.1, 0.15) is 18.5 Å². The van der Waals surface area contributed by atoms with Gasteiger partial charge >= 0.3 is 0 Å². The molecule has 0 aromatic carbocycles. The molecule has 0 bridgehead atoms. The second-order valence-electron chi connectivity index (χ2n) is 6.49. The Kier molecular flexibility index (Phi) is 5.04. The lowest BCUT2D eigenvalue weighted by Gasteiger charge is -2.32. The highest BCUT2D eigenvalue weighted by molar-refractivity contribution is 5.79. The van der Waals surface area contributed by atoms with Crippen molar-refractivity contribution in [2.75, 3.05) is 24.5 Å². The van der Waals surface area contributed by atoms with E-state index in [4.69, 9.17) is 0 Å². The average molecular weight is 367 g/mol. The van der Waals surface area contributed by atoms with Crippen molar-refractivity contribution in [2.24, 2.45) is 5.92 Å². The summed E-state index contributed by atoms with van der Waals surface area (Å²) in [6, 6.07) is 3.76. The number of H-pyrrole nitrogens is 1. The van der Waals surface area contributed by atoms with Crippen LogP contribution in [0.3, 0.4) is 0 Å². The van der Waals surface area contributed by atoms with Gasteiger partial charge in [0.2, 0.25) is 5.91 Å². The van der Waals surface area contributed by atoms with Crippen LogP contribution in [0.15, 0.2) is 37.3 Å². The van der Waals surface area contributed by atoms with Crippen molar-refractivity contribution in [2.45, 2.75) is 19.3 Å². The average Bonchev–Trinajstić information content (AvgIpc) is 3.42. The molecule has 1 amide bonds. The monoisotopic (exact) mass is 367 g/mol. The van der Waals surface area contributed by atoms with Gasteiger partial charge < -0.3 is 15.2 Å². The first-order valence-electron chi connectivity index (χ1n) is 8.98. The molecule has 27 heavy (non-hydrogen) atoms. The second-order valence-corrected chi connectivity index (χ2v) is 6.49. The van der Waals surface area contributed by atoms with Crippen molar-refractivity contribution in [3.05, 3.63) is 43.0 Å². The van der Waals surface area contributed by atoms with Gasteiger partial charge in [-0.05, 0) is 25.0 Å². The van der Waals surface area contributed by atoms with E-state index in [9.17, 15) is 4.79 Å². The third kappa shape index (κ3) is 4.10. The molecule has 1 saturated heterocycles. The summed E-state index contributed by atoms with van der Waals surface area (Å²) in [4.78, 5) is 25.5. The van der Waals surface area contributed by atoms with E-state index in [1.54, 1.807) is 23.5 Å². The quantitative estimate of drug-likeness (QED) is 0.646.